The fourth-order valence-corrected chi connectivity index (χ4v) is 2.10. The highest BCUT2D eigenvalue weighted by Crippen LogP contribution is 2.25. The highest BCUT2D eigenvalue weighted by atomic mass is 16.5. The minimum absolute atomic E-state index is 0.255. The number of carbonyl (C=O) groups excluding carboxylic acids is 1. The van der Waals surface area contributed by atoms with Crippen molar-refractivity contribution in [2.24, 2.45) is 0 Å². The fraction of sp³-hybridized carbons (Fsp3) is 0.211. The molecule has 0 bridgehead atoms. The molecule has 0 aliphatic rings. The highest BCUT2D eigenvalue weighted by molar-refractivity contribution is 5.87. The number of esters is 1. The molecule has 2 aromatic carbocycles. The average molecular weight is 312 g/mol. The predicted molar refractivity (Wildman–Crippen MR) is 89.6 cm³/mol. The maximum Gasteiger partial charge on any atom is 0.331 e. The number of hydrogen-bond donors (Lipinski definition) is 0. The molecule has 0 aromatic heterocycles. The van der Waals surface area contributed by atoms with E-state index < -0.39 is 5.97 Å². The van der Waals surface area contributed by atoms with Gasteiger partial charge in [-0.15, -0.1) is 0 Å². The van der Waals surface area contributed by atoms with Gasteiger partial charge in [0.15, 0.2) is 0 Å². The van der Waals surface area contributed by atoms with Gasteiger partial charge in [0.1, 0.15) is 18.1 Å². The van der Waals surface area contributed by atoms with E-state index in [0.717, 1.165) is 16.7 Å². The largest absolute Gasteiger partial charge is 0.497 e. The van der Waals surface area contributed by atoms with Crippen LogP contribution in [0.25, 0.3) is 6.08 Å². The van der Waals surface area contributed by atoms with Crippen LogP contribution in [0.2, 0.25) is 0 Å². The van der Waals surface area contributed by atoms with E-state index in [9.17, 15) is 4.79 Å². The van der Waals surface area contributed by atoms with E-state index in [1.165, 1.54) is 6.08 Å². The van der Waals surface area contributed by atoms with Gasteiger partial charge in [-0.3, -0.25) is 0 Å². The summed E-state index contributed by atoms with van der Waals surface area (Å²) in [6.45, 7) is 2.24. The van der Waals surface area contributed by atoms with E-state index in [0.29, 0.717) is 11.5 Å². The number of aryl methyl sites for hydroxylation is 1. The van der Waals surface area contributed by atoms with Gasteiger partial charge in [-0.05, 0) is 42.3 Å². The molecule has 4 heteroatoms. The third kappa shape index (κ3) is 4.61. The van der Waals surface area contributed by atoms with Crippen LogP contribution in [0.5, 0.6) is 11.5 Å². The van der Waals surface area contributed by atoms with Gasteiger partial charge in [-0.1, -0.05) is 24.3 Å². The van der Waals surface area contributed by atoms with Crippen LogP contribution in [0.3, 0.4) is 0 Å². The number of carbonyl (C=O) groups is 1. The molecule has 0 saturated carbocycles. The van der Waals surface area contributed by atoms with Gasteiger partial charge in [-0.25, -0.2) is 4.79 Å². The molecule has 23 heavy (non-hydrogen) atoms. The van der Waals surface area contributed by atoms with E-state index in [-0.39, 0.29) is 6.61 Å². The summed E-state index contributed by atoms with van der Waals surface area (Å²) < 4.78 is 15.7. The van der Waals surface area contributed by atoms with Crippen LogP contribution < -0.4 is 9.47 Å². The van der Waals surface area contributed by atoms with Crippen LogP contribution in [0.1, 0.15) is 16.7 Å². The van der Waals surface area contributed by atoms with E-state index in [1.54, 1.807) is 38.5 Å². The van der Waals surface area contributed by atoms with Gasteiger partial charge in [0.25, 0.3) is 0 Å². The lowest BCUT2D eigenvalue weighted by Crippen LogP contribution is -2.02. The molecular formula is C19H20O4. The zero-order valence-corrected chi connectivity index (χ0v) is 13.5. The van der Waals surface area contributed by atoms with Crippen LogP contribution in [-0.4, -0.2) is 20.2 Å². The number of benzene rings is 2. The van der Waals surface area contributed by atoms with Crippen molar-refractivity contribution in [3.8, 4) is 11.5 Å². The van der Waals surface area contributed by atoms with Crippen molar-refractivity contribution in [3.63, 3.8) is 0 Å². The maximum absolute atomic E-state index is 11.9. The van der Waals surface area contributed by atoms with Gasteiger partial charge >= 0.3 is 5.97 Å². The molecule has 0 saturated heterocycles. The Kier molecular flexibility index (Phi) is 5.80. The monoisotopic (exact) mass is 312 g/mol. The van der Waals surface area contributed by atoms with Crippen molar-refractivity contribution in [3.05, 3.63) is 65.2 Å². The van der Waals surface area contributed by atoms with Crippen molar-refractivity contribution < 1.29 is 19.0 Å². The smallest absolute Gasteiger partial charge is 0.331 e. The molecule has 0 radical (unpaired) electrons. The van der Waals surface area contributed by atoms with Gasteiger partial charge in [0.05, 0.1) is 14.2 Å². The Hall–Kier alpha value is -2.75. The standard InChI is InChI=1S/C19H20O4/c1-14-6-4-5-7-16(14)13-23-19(20)11-8-15-12-17(21-2)9-10-18(15)22-3/h4-12H,13H2,1-3H3/b11-8+. The molecule has 2 rings (SSSR count). The molecule has 0 fully saturated rings. The Labute approximate surface area is 136 Å². The zero-order chi connectivity index (χ0) is 16.7. The summed E-state index contributed by atoms with van der Waals surface area (Å²) in [6, 6.07) is 13.2. The Morgan fingerprint density at radius 2 is 1.87 bits per heavy atom. The van der Waals surface area contributed by atoms with Crippen LogP contribution in [0.15, 0.2) is 48.5 Å². The lowest BCUT2D eigenvalue weighted by molar-refractivity contribution is -0.138. The SMILES string of the molecule is COc1ccc(OC)c(/C=C/C(=O)OCc2ccccc2C)c1. The molecular weight excluding hydrogens is 292 g/mol. The van der Waals surface area contributed by atoms with Gasteiger partial charge < -0.3 is 14.2 Å². The second-order valence-corrected chi connectivity index (χ2v) is 4.98. The third-order valence-electron chi connectivity index (χ3n) is 3.47. The molecule has 0 unspecified atom stereocenters. The van der Waals surface area contributed by atoms with Crippen molar-refractivity contribution in [1.82, 2.24) is 0 Å². The molecule has 4 nitrogen and oxygen atoms in total. The molecule has 0 N–H and O–H groups in total. The average Bonchev–Trinajstić information content (AvgIpc) is 2.58. The van der Waals surface area contributed by atoms with E-state index >= 15 is 0 Å². The molecule has 0 amide bonds. The Bertz CT molecular complexity index is 704. The van der Waals surface area contributed by atoms with Crippen LogP contribution in [0.4, 0.5) is 0 Å². The number of hydrogen-bond acceptors (Lipinski definition) is 4. The van der Waals surface area contributed by atoms with Gasteiger partial charge in [0.2, 0.25) is 0 Å². The maximum atomic E-state index is 11.9. The molecule has 0 spiro atoms. The Morgan fingerprint density at radius 3 is 2.57 bits per heavy atom. The summed E-state index contributed by atoms with van der Waals surface area (Å²) in [7, 11) is 3.17. The summed E-state index contributed by atoms with van der Waals surface area (Å²) >= 11 is 0. The molecule has 0 heterocycles. The molecule has 120 valence electrons. The zero-order valence-electron chi connectivity index (χ0n) is 13.5. The first kappa shape index (κ1) is 16.6. The number of methoxy groups -OCH3 is 2. The van der Waals surface area contributed by atoms with Crippen LogP contribution >= 0.6 is 0 Å². The lowest BCUT2D eigenvalue weighted by atomic mass is 10.1. The van der Waals surface area contributed by atoms with E-state index in [1.807, 2.05) is 31.2 Å². The summed E-state index contributed by atoms with van der Waals surface area (Å²) in [6.07, 6.45) is 3.04. The van der Waals surface area contributed by atoms with Crippen molar-refractivity contribution in [2.45, 2.75) is 13.5 Å². The summed E-state index contributed by atoms with van der Waals surface area (Å²) in [5.41, 5.74) is 2.84. The van der Waals surface area contributed by atoms with E-state index in [4.69, 9.17) is 14.2 Å². The Balaban J connectivity index is 2.02. The lowest BCUT2D eigenvalue weighted by Gasteiger charge is -2.07. The fourth-order valence-electron chi connectivity index (χ4n) is 2.10. The summed E-state index contributed by atoms with van der Waals surface area (Å²) in [5.74, 6) is 0.950. The minimum Gasteiger partial charge on any atom is -0.497 e. The number of rotatable bonds is 6. The summed E-state index contributed by atoms with van der Waals surface area (Å²) in [5, 5.41) is 0. The predicted octanol–water partition coefficient (Wildman–Crippen LogP) is 3.77. The van der Waals surface area contributed by atoms with E-state index in [2.05, 4.69) is 0 Å². The topological polar surface area (TPSA) is 44.8 Å². The first-order valence-electron chi connectivity index (χ1n) is 7.25. The normalized spacial score (nSPS) is 10.6. The molecule has 0 atom stereocenters. The first-order valence-corrected chi connectivity index (χ1v) is 7.25. The highest BCUT2D eigenvalue weighted by Gasteiger charge is 2.04. The van der Waals surface area contributed by atoms with Crippen LogP contribution in [0, 0.1) is 6.92 Å². The van der Waals surface area contributed by atoms with Crippen LogP contribution in [-0.2, 0) is 16.1 Å². The number of ether oxygens (including phenoxy) is 3. The molecule has 0 aliphatic heterocycles. The van der Waals surface area contributed by atoms with Crippen molar-refractivity contribution >= 4 is 12.0 Å². The minimum atomic E-state index is -0.405. The quantitative estimate of drug-likeness (QED) is 0.601. The van der Waals surface area contributed by atoms with Crippen molar-refractivity contribution in [1.29, 1.82) is 0 Å². The second-order valence-electron chi connectivity index (χ2n) is 4.98. The Morgan fingerprint density at radius 1 is 1.09 bits per heavy atom. The van der Waals surface area contributed by atoms with Gasteiger partial charge in [-0.2, -0.15) is 0 Å². The molecule has 0 aliphatic carbocycles. The molecule has 2 aromatic rings. The van der Waals surface area contributed by atoms with Gasteiger partial charge in [0, 0.05) is 11.6 Å². The summed E-state index contributed by atoms with van der Waals surface area (Å²) in [4.78, 5) is 11.9. The first-order chi connectivity index (χ1) is 11.1. The second kappa shape index (κ2) is 8.03. The third-order valence-corrected chi connectivity index (χ3v) is 3.47. The van der Waals surface area contributed by atoms with Crippen molar-refractivity contribution in [2.75, 3.05) is 14.2 Å².